The van der Waals surface area contributed by atoms with Crippen LogP contribution in [0.15, 0.2) is 36.4 Å². The summed E-state index contributed by atoms with van der Waals surface area (Å²) >= 11 is 0. The molecule has 1 rings (SSSR count). The molecule has 1 aromatic carbocycles. The summed E-state index contributed by atoms with van der Waals surface area (Å²) in [6.45, 7) is 8.09. The van der Waals surface area contributed by atoms with Crippen molar-refractivity contribution in [2.75, 3.05) is 14.1 Å². The van der Waals surface area contributed by atoms with E-state index in [-0.39, 0.29) is 11.9 Å². The fourth-order valence-corrected chi connectivity index (χ4v) is 2.86. The summed E-state index contributed by atoms with van der Waals surface area (Å²) in [5, 5.41) is 0. The fraction of sp³-hybridized carbons (Fsp3) is 0.500. The molecule has 0 aliphatic heterocycles. The number of likely N-dealkylation sites (N-methyl/N-ethyl adjacent to an activating group) is 1. The third-order valence-electron chi connectivity index (χ3n) is 3.58. The molecule has 0 heterocycles. The molecule has 3 heteroatoms. The van der Waals surface area contributed by atoms with Crippen molar-refractivity contribution in [3.05, 3.63) is 47.8 Å². The molecule has 0 aliphatic carbocycles. The number of halogens is 1. The molecule has 0 saturated heterocycles. The van der Waals surface area contributed by atoms with E-state index in [2.05, 4.69) is 18.4 Å². The molecule has 0 spiro atoms. The first-order chi connectivity index (χ1) is 8.81. The molecule has 2 N–H and O–H groups in total. The van der Waals surface area contributed by atoms with E-state index in [0.29, 0.717) is 6.42 Å². The summed E-state index contributed by atoms with van der Waals surface area (Å²) in [6.07, 6.45) is 1.61. The molecule has 2 atom stereocenters. The van der Waals surface area contributed by atoms with Crippen LogP contribution in [0.3, 0.4) is 0 Å². The van der Waals surface area contributed by atoms with Gasteiger partial charge in [0.1, 0.15) is 5.82 Å². The van der Waals surface area contributed by atoms with Crippen LogP contribution in [-0.4, -0.2) is 25.0 Å². The van der Waals surface area contributed by atoms with Gasteiger partial charge in [-0.05, 0) is 51.6 Å². The van der Waals surface area contributed by atoms with E-state index in [9.17, 15) is 4.39 Å². The zero-order valence-corrected chi connectivity index (χ0v) is 12.4. The number of hydrogen-bond donors (Lipinski definition) is 1. The van der Waals surface area contributed by atoms with Gasteiger partial charge in [0, 0.05) is 6.04 Å². The maximum atomic E-state index is 13.1. The topological polar surface area (TPSA) is 29.3 Å². The van der Waals surface area contributed by atoms with Crippen molar-refractivity contribution in [2.24, 2.45) is 5.73 Å². The quantitative estimate of drug-likeness (QED) is 0.799. The first kappa shape index (κ1) is 15.9. The monoisotopic (exact) mass is 264 g/mol. The number of benzene rings is 1. The lowest BCUT2D eigenvalue weighted by molar-refractivity contribution is 0.168. The second-order valence-corrected chi connectivity index (χ2v) is 5.57. The molecule has 0 radical (unpaired) electrons. The standard InChI is InChI=1S/C16H25FN2/c1-6-15(19(4)5)16(18,11-12(2)3)13-7-9-14(17)10-8-13/h7-10,15H,2,6,11,18H2,1,3-5H3. The van der Waals surface area contributed by atoms with Crippen molar-refractivity contribution >= 4 is 0 Å². The van der Waals surface area contributed by atoms with Gasteiger partial charge < -0.3 is 10.6 Å². The van der Waals surface area contributed by atoms with E-state index in [1.165, 1.54) is 12.1 Å². The largest absolute Gasteiger partial charge is 0.320 e. The van der Waals surface area contributed by atoms with Crippen LogP contribution in [0.25, 0.3) is 0 Å². The van der Waals surface area contributed by atoms with Gasteiger partial charge in [-0.25, -0.2) is 4.39 Å². The van der Waals surface area contributed by atoms with Crippen molar-refractivity contribution in [3.8, 4) is 0 Å². The molecule has 2 nitrogen and oxygen atoms in total. The second-order valence-electron chi connectivity index (χ2n) is 5.57. The first-order valence-electron chi connectivity index (χ1n) is 6.67. The summed E-state index contributed by atoms with van der Waals surface area (Å²) < 4.78 is 13.1. The third kappa shape index (κ3) is 3.64. The summed E-state index contributed by atoms with van der Waals surface area (Å²) in [4.78, 5) is 2.13. The Morgan fingerprint density at radius 1 is 1.37 bits per heavy atom. The molecule has 2 unspecified atom stereocenters. The lowest BCUT2D eigenvalue weighted by atomic mass is 9.77. The molecule has 0 aromatic heterocycles. The molecule has 0 saturated carbocycles. The molecule has 0 aliphatic rings. The van der Waals surface area contributed by atoms with Crippen molar-refractivity contribution in [1.82, 2.24) is 4.90 Å². The Kier molecular flexibility index (Phi) is 5.27. The van der Waals surface area contributed by atoms with E-state index in [4.69, 9.17) is 5.73 Å². The maximum absolute atomic E-state index is 13.1. The van der Waals surface area contributed by atoms with Gasteiger partial charge in [-0.3, -0.25) is 0 Å². The number of nitrogens with zero attached hydrogens (tertiary/aromatic N) is 1. The van der Waals surface area contributed by atoms with E-state index < -0.39 is 5.54 Å². The van der Waals surface area contributed by atoms with E-state index in [1.54, 1.807) is 12.1 Å². The number of nitrogens with two attached hydrogens (primary N) is 1. The van der Waals surface area contributed by atoms with Crippen molar-refractivity contribution < 1.29 is 4.39 Å². The highest BCUT2D eigenvalue weighted by molar-refractivity contribution is 5.29. The molecule has 0 bridgehead atoms. The Bertz CT molecular complexity index is 425. The number of rotatable bonds is 6. The van der Waals surface area contributed by atoms with Crippen molar-refractivity contribution in [2.45, 2.75) is 38.3 Å². The minimum atomic E-state index is -0.544. The van der Waals surface area contributed by atoms with Gasteiger partial charge >= 0.3 is 0 Å². The van der Waals surface area contributed by atoms with Gasteiger partial charge in [-0.15, -0.1) is 6.58 Å². The van der Waals surface area contributed by atoms with Crippen LogP contribution in [-0.2, 0) is 5.54 Å². The third-order valence-corrected chi connectivity index (χ3v) is 3.58. The molecule has 1 aromatic rings. The zero-order valence-electron chi connectivity index (χ0n) is 12.4. The van der Waals surface area contributed by atoms with Gasteiger partial charge in [-0.1, -0.05) is 24.6 Å². The molecular weight excluding hydrogens is 239 g/mol. The molecule has 106 valence electrons. The minimum Gasteiger partial charge on any atom is -0.320 e. The lowest BCUT2D eigenvalue weighted by Crippen LogP contribution is -2.54. The summed E-state index contributed by atoms with van der Waals surface area (Å²) in [7, 11) is 4.05. The Morgan fingerprint density at radius 2 is 1.89 bits per heavy atom. The minimum absolute atomic E-state index is 0.176. The highest BCUT2D eigenvalue weighted by Crippen LogP contribution is 2.32. The van der Waals surface area contributed by atoms with Crippen LogP contribution in [0.4, 0.5) is 4.39 Å². The SMILES string of the molecule is C=C(C)CC(N)(c1ccc(F)cc1)C(CC)N(C)C. The molecular formula is C16H25FN2. The lowest BCUT2D eigenvalue weighted by Gasteiger charge is -2.41. The predicted molar refractivity (Wildman–Crippen MR) is 79.5 cm³/mol. The highest BCUT2D eigenvalue weighted by atomic mass is 19.1. The van der Waals surface area contributed by atoms with Crippen LogP contribution in [0.1, 0.15) is 32.3 Å². The van der Waals surface area contributed by atoms with Gasteiger partial charge in [0.25, 0.3) is 0 Å². The van der Waals surface area contributed by atoms with E-state index in [1.807, 2.05) is 21.0 Å². The van der Waals surface area contributed by atoms with E-state index >= 15 is 0 Å². The molecule has 0 fully saturated rings. The van der Waals surface area contributed by atoms with Gasteiger partial charge in [0.05, 0.1) is 5.54 Å². The summed E-state index contributed by atoms with van der Waals surface area (Å²) in [6, 6.07) is 6.68. The van der Waals surface area contributed by atoms with Crippen LogP contribution < -0.4 is 5.73 Å². The first-order valence-corrected chi connectivity index (χ1v) is 6.67. The molecule has 19 heavy (non-hydrogen) atoms. The normalized spacial score (nSPS) is 16.2. The van der Waals surface area contributed by atoms with Crippen LogP contribution in [0.2, 0.25) is 0 Å². The number of hydrogen-bond acceptors (Lipinski definition) is 2. The van der Waals surface area contributed by atoms with Crippen molar-refractivity contribution in [3.63, 3.8) is 0 Å². The Labute approximate surface area is 116 Å². The Balaban J connectivity index is 3.25. The summed E-state index contributed by atoms with van der Waals surface area (Å²) in [5.41, 5.74) is 8.15. The second kappa shape index (κ2) is 6.31. The Morgan fingerprint density at radius 3 is 2.26 bits per heavy atom. The van der Waals surface area contributed by atoms with Crippen molar-refractivity contribution in [1.29, 1.82) is 0 Å². The van der Waals surface area contributed by atoms with Crippen LogP contribution in [0, 0.1) is 5.82 Å². The van der Waals surface area contributed by atoms with Gasteiger partial charge in [-0.2, -0.15) is 0 Å². The van der Waals surface area contributed by atoms with Crippen LogP contribution in [0.5, 0.6) is 0 Å². The average Bonchev–Trinajstić information content (AvgIpc) is 2.28. The van der Waals surface area contributed by atoms with E-state index in [0.717, 1.165) is 17.6 Å². The highest BCUT2D eigenvalue weighted by Gasteiger charge is 2.36. The van der Waals surface area contributed by atoms with Crippen LogP contribution >= 0.6 is 0 Å². The fourth-order valence-electron chi connectivity index (χ4n) is 2.86. The Hall–Kier alpha value is -1.19. The molecule has 0 amide bonds. The van der Waals surface area contributed by atoms with Gasteiger partial charge in [0.2, 0.25) is 0 Å². The summed E-state index contributed by atoms with van der Waals surface area (Å²) in [5.74, 6) is -0.237. The smallest absolute Gasteiger partial charge is 0.123 e. The predicted octanol–water partition coefficient (Wildman–Crippen LogP) is 3.29. The maximum Gasteiger partial charge on any atom is 0.123 e. The van der Waals surface area contributed by atoms with Gasteiger partial charge in [0.15, 0.2) is 0 Å². The average molecular weight is 264 g/mol. The zero-order chi connectivity index (χ0) is 14.6.